The molecule has 0 unspecified atom stereocenters. The fraction of sp³-hybridized carbons (Fsp3) is 0.261. The zero-order valence-electron chi connectivity index (χ0n) is 17.8. The van der Waals surface area contributed by atoms with E-state index in [4.69, 9.17) is 21.7 Å². The average Bonchev–Trinajstić information content (AvgIpc) is 3.22. The largest absolute Gasteiger partial charge is 0.493 e. The number of likely N-dealkylation sites (N-methyl/N-ethyl adjacent to an activating group) is 1. The van der Waals surface area contributed by atoms with Crippen LogP contribution >= 0.6 is 39.9 Å². The molecule has 2 amide bonds. The summed E-state index contributed by atoms with van der Waals surface area (Å²) in [5, 5.41) is 0. The minimum atomic E-state index is -0.229. The van der Waals surface area contributed by atoms with Gasteiger partial charge in [0.15, 0.2) is 11.5 Å². The molecule has 2 aliphatic heterocycles. The number of hydrogen-bond acceptors (Lipinski definition) is 6. The fourth-order valence-corrected chi connectivity index (χ4v) is 5.60. The van der Waals surface area contributed by atoms with Crippen molar-refractivity contribution in [2.45, 2.75) is 13.3 Å². The Labute approximate surface area is 204 Å². The normalized spacial score (nSPS) is 17.9. The van der Waals surface area contributed by atoms with Gasteiger partial charge in [-0.3, -0.25) is 14.5 Å². The summed E-state index contributed by atoms with van der Waals surface area (Å²) in [5.74, 6) is 0.890. The number of methoxy groups -OCH3 is 2. The molecule has 0 N–H and O–H groups in total. The molecule has 1 fully saturated rings. The number of halogens is 1. The van der Waals surface area contributed by atoms with Crippen molar-refractivity contribution in [1.82, 2.24) is 4.90 Å². The van der Waals surface area contributed by atoms with Gasteiger partial charge in [-0.05, 0) is 49.2 Å². The third-order valence-electron chi connectivity index (χ3n) is 5.44. The monoisotopic (exact) mass is 532 g/mol. The van der Waals surface area contributed by atoms with Crippen molar-refractivity contribution in [2.75, 3.05) is 32.2 Å². The molecular formula is C23H21BrN2O4S2. The van der Waals surface area contributed by atoms with Crippen molar-refractivity contribution >= 4 is 67.3 Å². The minimum absolute atomic E-state index is 0.166. The van der Waals surface area contributed by atoms with E-state index in [9.17, 15) is 9.59 Å². The zero-order chi connectivity index (χ0) is 23.0. The van der Waals surface area contributed by atoms with Gasteiger partial charge in [0, 0.05) is 23.1 Å². The number of carbonyl (C=O) groups excluding carboxylic acids is 2. The second-order valence-electron chi connectivity index (χ2n) is 7.18. The smallest absolute Gasteiger partial charge is 0.267 e. The van der Waals surface area contributed by atoms with Crippen molar-refractivity contribution in [3.8, 4) is 11.5 Å². The van der Waals surface area contributed by atoms with Crippen LogP contribution in [0.15, 0.2) is 45.8 Å². The maximum Gasteiger partial charge on any atom is 0.267 e. The van der Waals surface area contributed by atoms with Crippen LogP contribution in [0.2, 0.25) is 0 Å². The topological polar surface area (TPSA) is 59.1 Å². The van der Waals surface area contributed by atoms with Crippen molar-refractivity contribution < 1.29 is 19.1 Å². The fourth-order valence-electron chi connectivity index (χ4n) is 3.86. The highest BCUT2D eigenvalue weighted by Crippen LogP contribution is 2.45. The number of rotatable bonds is 6. The van der Waals surface area contributed by atoms with Gasteiger partial charge in [0.2, 0.25) is 0 Å². The average molecular weight is 533 g/mol. The van der Waals surface area contributed by atoms with Crippen LogP contribution in [0.5, 0.6) is 11.5 Å². The van der Waals surface area contributed by atoms with E-state index in [0.29, 0.717) is 45.8 Å². The molecular weight excluding hydrogens is 512 g/mol. The van der Waals surface area contributed by atoms with Crippen LogP contribution in [-0.4, -0.2) is 48.3 Å². The molecule has 0 aromatic heterocycles. The molecule has 0 atom stereocenters. The summed E-state index contributed by atoms with van der Waals surface area (Å²) in [6.07, 6.45) is 0.590. The molecule has 6 nitrogen and oxygen atoms in total. The number of thioether (sulfide) groups is 1. The molecule has 4 rings (SSSR count). The lowest BCUT2D eigenvalue weighted by atomic mass is 10.1. The second kappa shape index (κ2) is 9.25. The van der Waals surface area contributed by atoms with Gasteiger partial charge in [-0.1, -0.05) is 46.0 Å². The number of carbonyl (C=O) groups is 2. The molecule has 2 aliphatic rings. The lowest BCUT2D eigenvalue weighted by Gasteiger charge is -2.15. The first-order valence-corrected chi connectivity index (χ1v) is 12.0. The Balaban J connectivity index is 1.62. The number of ether oxygens (including phenoxy) is 2. The molecule has 0 aliphatic carbocycles. The van der Waals surface area contributed by atoms with E-state index in [-0.39, 0.29) is 11.8 Å². The van der Waals surface area contributed by atoms with E-state index >= 15 is 0 Å². The van der Waals surface area contributed by atoms with E-state index < -0.39 is 0 Å². The number of amides is 2. The molecule has 166 valence electrons. The molecule has 0 saturated carbocycles. The first kappa shape index (κ1) is 22.8. The van der Waals surface area contributed by atoms with Gasteiger partial charge in [-0.25, -0.2) is 0 Å². The Morgan fingerprint density at radius 3 is 2.44 bits per heavy atom. The van der Waals surface area contributed by atoms with E-state index in [1.54, 1.807) is 24.0 Å². The number of benzene rings is 2. The van der Waals surface area contributed by atoms with Crippen LogP contribution in [0, 0.1) is 0 Å². The lowest BCUT2D eigenvalue weighted by molar-refractivity contribution is -0.122. The standard InChI is InChI=1S/C23H21BrN2O4S2/c1-4-25-16-7-6-14(24)12-15(16)19(21(25)27)20-22(28)26(23(31)32-20)10-9-13-5-8-17(29-2)18(11-13)30-3/h5-8,11-12H,4,9-10H2,1-3H3. The van der Waals surface area contributed by atoms with E-state index in [0.717, 1.165) is 21.3 Å². The summed E-state index contributed by atoms with van der Waals surface area (Å²) in [6, 6.07) is 11.3. The highest BCUT2D eigenvalue weighted by Gasteiger charge is 2.41. The summed E-state index contributed by atoms with van der Waals surface area (Å²) in [7, 11) is 3.18. The van der Waals surface area contributed by atoms with Crippen LogP contribution < -0.4 is 14.4 Å². The molecule has 0 bridgehead atoms. The van der Waals surface area contributed by atoms with Gasteiger partial charge in [-0.15, -0.1) is 0 Å². The predicted octanol–water partition coefficient (Wildman–Crippen LogP) is 4.65. The van der Waals surface area contributed by atoms with Crippen molar-refractivity contribution in [3.05, 3.63) is 56.9 Å². The van der Waals surface area contributed by atoms with Crippen LogP contribution in [-0.2, 0) is 16.0 Å². The molecule has 9 heteroatoms. The summed E-state index contributed by atoms with van der Waals surface area (Å²) >= 11 is 10.2. The summed E-state index contributed by atoms with van der Waals surface area (Å²) in [4.78, 5) is 30.1. The second-order valence-corrected chi connectivity index (χ2v) is 9.74. The number of thiocarbonyl (C=S) groups is 1. The molecule has 2 aromatic carbocycles. The highest BCUT2D eigenvalue weighted by molar-refractivity contribution is 9.10. The number of hydrogen-bond donors (Lipinski definition) is 0. The highest BCUT2D eigenvalue weighted by atomic mass is 79.9. The third-order valence-corrected chi connectivity index (χ3v) is 7.38. The molecule has 0 spiro atoms. The van der Waals surface area contributed by atoms with Crippen LogP contribution in [0.4, 0.5) is 5.69 Å². The maximum atomic E-state index is 13.3. The number of nitrogens with zero attached hydrogens (tertiary/aromatic N) is 2. The van der Waals surface area contributed by atoms with Crippen molar-refractivity contribution in [2.24, 2.45) is 0 Å². The third kappa shape index (κ3) is 3.93. The Morgan fingerprint density at radius 1 is 1.00 bits per heavy atom. The first-order valence-electron chi connectivity index (χ1n) is 10.00. The van der Waals surface area contributed by atoms with Gasteiger partial charge in [0.25, 0.3) is 11.8 Å². The predicted molar refractivity (Wildman–Crippen MR) is 134 cm³/mol. The first-order chi connectivity index (χ1) is 15.4. The van der Waals surface area contributed by atoms with Gasteiger partial charge in [0.1, 0.15) is 4.32 Å². The van der Waals surface area contributed by atoms with Crippen LogP contribution in [0.3, 0.4) is 0 Å². The summed E-state index contributed by atoms with van der Waals surface area (Å²) in [5.41, 5.74) is 2.99. The molecule has 0 radical (unpaired) electrons. The Morgan fingerprint density at radius 2 is 1.75 bits per heavy atom. The Bertz CT molecular complexity index is 1160. The van der Waals surface area contributed by atoms with Gasteiger partial charge < -0.3 is 14.4 Å². The SMILES string of the molecule is CCN1C(=O)C(=C2SC(=S)N(CCc3ccc(OC)c(OC)c3)C2=O)c2cc(Br)ccc21. The van der Waals surface area contributed by atoms with Gasteiger partial charge >= 0.3 is 0 Å². The summed E-state index contributed by atoms with van der Waals surface area (Å²) < 4.78 is 11.9. The van der Waals surface area contributed by atoms with Crippen LogP contribution in [0.25, 0.3) is 5.57 Å². The zero-order valence-corrected chi connectivity index (χ0v) is 21.0. The quantitative estimate of drug-likeness (QED) is 0.398. The van der Waals surface area contributed by atoms with Crippen LogP contribution in [0.1, 0.15) is 18.1 Å². The number of fused-ring (bicyclic) bond motifs is 1. The van der Waals surface area contributed by atoms with Crippen molar-refractivity contribution in [1.29, 1.82) is 0 Å². The summed E-state index contributed by atoms with van der Waals surface area (Å²) in [6.45, 7) is 2.85. The minimum Gasteiger partial charge on any atom is -0.493 e. The van der Waals surface area contributed by atoms with Crippen molar-refractivity contribution in [3.63, 3.8) is 0 Å². The lowest BCUT2D eigenvalue weighted by Crippen LogP contribution is -2.31. The Hall–Kier alpha value is -2.36. The van der Waals surface area contributed by atoms with E-state index in [1.165, 1.54) is 11.8 Å². The molecule has 1 saturated heterocycles. The van der Waals surface area contributed by atoms with Gasteiger partial charge in [0.05, 0.1) is 30.4 Å². The van der Waals surface area contributed by atoms with E-state index in [1.807, 2.05) is 43.3 Å². The van der Waals surface area contributed by atoms with E-state index in [2.05, 4.69) is 15.9 Å². The molecule has 2 heterocycles. The molecule has 32 heavy (non-hydrogen) atoms. The molecule has 2 aromatic rings. The number of anilines is 1. The maximum absolute atomic E-state index is 13.3. The Kier molecular flexibility index (Phi) is 6.60. The van der Waals surface area contributed by atoms with Gasteiger partial charge in [-0.2, -0.15) is 0 Å².